The SMILES string of the molecule is Cc1ccc(-c2noc(-c3nc(C)n(Cc4ccnc(N5CCN(C)CC5)c4)n3)n2)cc1. The number of piperazine rings is 1. The van der Waals surface area contributed by atoms with Crippen LogP contribution in [0.5, 0.6) is 0 Å². The first-order valence-corrected chi connectivity index (χ1v) is 10.8. The number of aromatic nitrogens is 6. The summed E-state index contributed by atoms with van der Waals surface area (Å²) in [5.41, 5.74) is 3.20. The van der Waals surface area contributed by atoms with Crippen LogP contribution in [0.25, 0.3) is 23.1 Å². The van der Waals surface area contributed by atoms with Gasteiger partial charge < -0.3 is 14.3 Å². The summed E-state index contributed by atoms with van der Waals surface area (Å²) in [7, 11) is 2.15. The second kappa shape index (κ2) is 8.51. The van der Waals surface area contributed by atoms with Crippen LogP contribution in [0.3, 0.4) is 0 Å². The van der Waals surface area contributed by atoms with Crippen LogP contribution in [0.15, 0.2) is 47.1 Å². The van der Waals surface area contributed by atoms with Crippen molar-refractivity contribution >= 4 is 5.82 Å². The van der Waals surface area contributed by atoms with E-state index in [-0.39, 0.29) is 0 Å². The molecule has 0 unspecified atom stereocenters. The van der Waals surface area contributed by atoms with E-state index in [1.54, 1.807) is 0 Å². The predicted octanol–water partition coefficient (Wildman–Crippen LogP) is 2.81. The molecular weight excluding hydrogens is 404 g/mol. The van der Waals surface area contributed by atoms with Crippen molar-refractivity contribution in [1.82, 2.24) is 34.8 Å². The van der Waals surface area contributed by atoms with Crippen LogP contribution >= 0.6 is 0 Å². The average molecular weight is 431 g/mol. The van der Waals surface area contributed by atoms with E-state index in [1.165, 1.54) is 5.56 Å². The summed E-state index contributed by atoms with van der Waals surface area (Å²) in [5, 5.41) is 8.71. The standard InChI is InChI=1S/C23H26N8O/c1-16-4-6-19(7-5-16)21-26-23(32-28-21)22-25-17(2)31(27-22)15-18-8-9-24-20(14-18)30-12-10-29(3)11-13-30/h4-9,14H,10-13,15H2,1-3H3. The van der Waals surface area contributed by atoms with Gasteiger partial charge in [0.25, 0.3) is 5.89 Å². The summed E-state index contributed by atoms with van der Waals surface area (Å²) < 4.78 is 7.30. The van der Waals surface area contributed by atoms with Gasteiger partial charge in [0.1, 0.15) is 11.6 Å². The van der Waals surface area contributed by atoms with Gasteiger partial charge in [0.2, 0.25) is 11.6 Å². The molecule has 9 heteroatoms. The maximum atomic E-state index is 5.44. The highest BCUT2D eigenvalue weighted by Crippen LogP contribution is 2.21. The van der Waals surface area contributed by atoms with Crippen LogP contribution in [0.2, 0.25) is 0 Å². The fourth-order valence-corrected chi connectivity index (χ4v) is 3.73. The van der Waals surface area contributed by atoms with Gasteiger partial charge in [-0.3, -0.25) is 0 Å². The number of pyridine rings is 1. The Morgan fingerprint density at radius 2 is 1.72 bits per heavy atom. The number of hydrogen-bond donors (Lipinski definition) is 0. The van der Waals surface area contributed by atoms with E-state index < -0.39 is 0 Å². The Kier molecular flexibility index (Phi) is 5.40. The minimum Gasteiger partial charge on any atom is -0.354 e. The molecule has 3 aromatic heterocycles. The third-order valence-corrected chi connectivity index (χ3v) is 5.75. The van der Waals surface area contributed by atoms with Crippen molar-refractivity contribution in [1.29, 1.82) is 0 Å². The van der Waals surface area contributed by atoms with Crippen molar-refractivity contribution in [2.45, 2.75) is 20.4 Å². The zero-order chi connectivity index (χ0) is 22.1. The van der Waals surface area contributed by atoms with Gasteiger partial charge in [-0.05, 0) is 38.6 Å². The lowest BCUT2D eigenvalue weighted by Gasteiger charge is -2.33. The molecule has 164 valence electrons. The molecule has 1 aliphatic heterocycles. The van der Waals surface area contributed by atoms with Crippen LogP contribution in [-0.2, 0) is 6.54 Å². The Morgan fingerprint density at radius 3 is 2.50 bits per heavy atom. The summed E-state index contributed by atoms with van der Waals surface area (Å²) in [4.78, 5) is 18.3. The quantitative estimate of drug-likeness (QED) is 0.478. The van der Waals surface area contributed by atoms with Gasteiger partial charge in [0.15, 0.2) is 0 Å². The van der Waals surface area contributed by atoms with Gasteiger partial charge in [-0.15, -0.1) is 5.10 Å². The van der Waals surface area contributed by atoms with Gasteiger partial charge in [-0.25, -0.2) is 14.6 Å². The van der Waals surface area contributed by atoms with Crippen molar-refractivity contribution in [2.24, 2.45) is 0 Å². The van der Waals surface area contributed by atoms with Crippen LogP contribution in [0.4, 0.5) is 5.82 Å². The Labute approximate surface area is 186 Å². The Hall–Kier alpha value is -3.59. The van der Waals surface area contributed by atoms with E-state index in [9.17, 15) is 0 Å². The molecule has 9 nitrogen and oxygen atoms in total. The zero-order valence-electron chi connectivity index (χ0n) is 18.6. The first-order valence-electron chi connectivity index (χ1n) is 10.8. The highest BCUT2D eigenvalue weighted by atomic mass is 16.5. The van der Waals surface area contributed by atoms with Crippen molar-refractivity contribution in [3.05, 3.63) is 59.5 Å². The fraction of sp³-hybridized carbons (Fsp3) is 0.348. The molecule has 0 atom stereocenters. The molecule has 32 heavy (non-hydrogen) atoms. The minimum atomic E-state index is 0.315. The number of likely N-dealkylation sites (N-methyl/N-ethyl adjacent to an activating group) is 1. The van der Waals surface area contributed by atoms with Crippen LogP contribution in [-0.4, -0.2) is 68.0 Å². The fourth-order valence-electron chi connectivity index (χ4n) is 3.73. The van der Waals surface area contributed by atoms with E-state index in [4.69, 9.17) is 4.52 Å². The van der Waals surface area contributed by atoms with Crippen molar-refractivity contribution in [2.75, 3.05) is 38.1 Å². The third-order valence-electron chi connectivity index (χ3n) is 5.75. The second-order valence-electron chi connectivity index (χ2n) is 8.24. The molecular formula is C23H26N8O. The summed E-state index contributed by atoms with van der Waals surface area (Å²) >= 11 is 0. The number of hydrogen-bond acceptors (Lipinski definition) is 8. The molecule has 0 radical (unpaired) electrons. The van der Waals surface area contributed by atoms with E-state index in [0.29, 0.717) is 24.1 Å². The molecule has 4 aromatic rings. The maximum Gasteiger partial charge on any atom is 0.297 e. The Bertz CT molecular complexity index is 1200. The molecule has 0 bridgehead atoms. The van der Waals surface area contributed by atoms with E-state index in [0.717, 1.165) is 48.9 Å². The Balaban J connectivity index is 1.33. The normalized spacial score (nSPS) is 14.8. The van der Waals surface area contributed by atoms with Crippen LogP contribution in [0.1, 0.15) is 17.0 Å². The molecule has 4 heterocycles. The highest BCUT2D eigenvalue weighted by Gasteiger charge is 2.18. The van der Waals surface area contributed by atoms with E-state index >= 15 is 0 Å². The summed E-state index contributed by atoms with van der Waals surface area (Å²) in [5.74, 6) is 3.07. The summed E-state index contributed by atoms with van der Waals surface area (Å²) in [6.07, 6.45) is 1.86. The topological polar surface area (TPSA) is 89.0 Å². The molecule has 1 saturated heterocycles. The lowest BCUT2D eigenvalue weighted by molar-refractivity contribution is 0.312. The number of aryl methyl sites for hydroxylation is 2. The number of anilines is 1. The van der Waals surface area contributed by atoms with E-state index in [2.05, 4.69) is 48.1 Å². The average Bonchev–Trinajstić information content (AvgIpc) is 3.42. The molecule has 1 aliphatic rings. The molecule has 0 spiro atoms. The van der Waals surface area contributed by atoms with Gasteiger partial charge in [-0.1, -0.05) is 35.0 Å². The zero-order valence-corrected chi connectivity index (χ0v) is 18.6. The van der Waals surface area contributed by atoms with Crippen molar-refractivity contribution in [3.63, 3.8) is 0 Å². The molecule has 1 aromatic carbocycles. The third kappa shape index (κ3) is 4.24. The number of benzene rings is 1. The van der Waals surface area contributed by atoms with Crippen LogP contribution < -0.4 is 4.90 Å². The van der Waals surface area contributed by atoms with E-state index in [1.807, 2.05) is 55.1 Å². The number of nitrogens with zero attached hydrogens (tertiary/aromatic N) is 8. The van der Waals surface area contributed by atoms with Gasteiger partial charge in [-0.2, -0.15) is 4.98 Å². The Morgan fingerprint density at radius 1 is 0.938 bits per heavy atom. The van der Waals surface area contributed by atoms with Gasteiger partial charge >= 0.3 is 0 Å². The molecule has 0 amide bonds. The second-order valence-corrected chi connectivity index (χ2v) is 8.24. The first kappa shape index (κ1) is 20.3. The largest absolute Gasteiger partial charge is 0.354 e. The first-order chi connectivity index (χ1) is 15.5. The van der Waals surface area contributed by atoms with Gasteiger partial charge in [0.05, 0.1) is 6.54 Å². The number of rotatable bonds is 5. The molecule has 0 aliphatic carbocycles. The minimum absolute atomic E-state index is 0.315. The monoisotopic (exact) mass is 430 g/mol. The molecule has 5 rings (SSSR count). The van der Waals surface area contributed by atoms with Gasteiger partial charge in [0, 0.05) is 37.9 Å². The summed E-state index contributed by atoms with van der Waals surface area (Å²) in [6.45, 7) is 8.64. The molecule has 0 saturated carbocycles. The maximum absolute atomic E-state index is 5.44. The molecule has 0 N–H and O–H groups in total. The predicted molar refractivity (Wildman–Crippen MR) is 121 cm³/mol. The summed E-state index contributed by atoms with van der Waals surface area (Å²) in [6, 6.07) is 12.1. The molecule has 1 fully saturated rings. The van der Waals surface area contributed by atoms with Crippen LogP contribution in [0, 0.1) is 13.8 Å². The van der Waals surface area contributed by atoms with Crippen molar-refractivity contribution < 1.29 is 4.52 Å². The van der Waals surface area contributed by atoms with Crippen molar-refractivity contribution in [3.8, 4) is 23.1 Å². The lowest BCUT2D eigenvalue weighted by atomic mass is 10.1. The smallest absolute Gasteiger partial charge is 0.297 e. The lowest BCUT2D eigenvalue weighted by Crippen LogP contribution is -2.44. The highest BCUT2D eigenvalue weighted by molar-refractivity contribution is 5.57.